The summed E-state index contributed by atoms with van der Waals surface area (Å²) >= 11 is 12.0. The van der Waals surface area contributed by atoms with E-state index in [1.165, 1.54) is 16.7 Å². The first-order chi connectivity index (χ1) is 15.2. The van der Waals surface area contributed by atoms with Crippen molar-refractivity contribution >= 4 is 46.0 Å². The van der Waals surface area contributed by atoms with Gasteiger partial charge in [-0.15, -0.1) is 0 Å². The summed E-state index contributed by atoms with van der Waals surface area (Å²) in [6.07, 6.45) is 0.835. The number of nitrogens with one attached hydrogen (secondary N) is 1. The molecular weight excluding hydrogens is 457 g/mol. The van der Waals surface area contributed by atoms with E-state index >= 15 is 0 Å². The molecule has 3 rings (SSSR count). The van der Waals surface area contributed by atoms with Gasteiger partial charge in [0.05, 0.1) is 26.5 Å². The normalized spacial score (nSPS) is 12.0. The summed E-state index contributed by atoms with van der Waals surface area (Å²) in [5.41, 5.74) is -0.274. The van der Waals surface area contributed by atoms with Gasteiger partial charge in [0.1, 0.15) is 6.04 Å². The van der Waals surface area contributed by atoms with E-state index in [4.69, 9.17) is 23.2 Å². The summed E-state index contributed by atoms with van der Waals surface area (Å²) in [4.78, 5) is 49.3. The minimum atomic E-state index is -1.21. The van der Waals surface area contributed by atoms with Crippen molar-refractivity contribution in [3.63, 3.8) is 0 Å². The van der Waals surface area contributed by atoms with Crippen LogP contribution >= 0.6 is 23.2 Å². The number of para-hydroxylation sites is 1. The quantitative estimate of drug-likeness (QED) is 0.484. The standard InChI is InChI=1S/C22H21Cl2N3O5/c1-26-17-11-3-2-7-13(17)20(29)27(22(26)32)12-5-4-10-16(21(30)31)25-19(28)18-14(23)8-6-9-15(18)24/h2-3,6-9,11,16H,4-5,10,12H2,1H3,(H,25,28)(H,30,31)/t16-/m0/s1. The molecule has 0 fully saturated rings. The second-order valence-corrected chi connectivity index (χ2v) is 8.09. The number of rotatable bonds is 8. The van der Waals surface area contributed by atoms with Crippen LogP contribution in [-0.2, 0) is 18.4 Å². The number of carboxylic acid groups (broad SMARTS) is 1. The molecule has 0 radical (unpaired) electrons. The molecule has 1 atom stereocenters. The fourth-order valence-corrected chi connectivity index (χ4v) is 4.05. The van der Waals surface area contributed by atoms with E-state index in [1.807, 2.05) is 0 Å². The van der Waals surface area contributed by atoms with E-state index in [1.54, 1.807) is 37.4 Å². The molecule has 1 amide bonds. The fraction of sp³-hybridized carbons (Fsp3) is 0.273. The molecule has 0 aliphatic rings. The Bertz CT molecular complexity index is 1280. The lowest BCUT2D eigenvalue weighted by Crippen LogP contribution is -2.41. The molecule has 3 aromatic rings. The molecule has 0 aliphatic heterocycles. The number of carbonyl (C=O) groups excluding carboxylic acids is 1. The highest BCUT2D eigenvalue weighted by atomic mass is 35.5. The van der Waals surface area contributed by atoms with Crippen molar-refractivity contribution in [1.29, 1.82) is 0 Å². The first kappa shape index (κ1) is 23.6. The number of carbonyl (C=O) groups is 2. The Hall–Kier alpha value is -3.10. The summed E-state index contributed by atoms with van der Waals surface area (Å²) in [6.45, 7) is 0.132. The van der Waals surface area contributed by atoms with Crippen LogP contribution in [0.3, 0.4) is 0 Å². The highest BCUT2D eigenvalue weighted by Gasteiger charge is 2.23. The highest BCUT2D eigenvalue weighted by Crippen LogP contribution is 2.24. The predicted octanol–water partition coefficient (Wildman–Crippen LogP) is 3.06. The maximum Gasteiger partial charge on any atom is 0.331 e. The fourth-order valence-electron chi connectivity index (χ4n) is 3.48. The third kappa shape index (κ3) is 4.87. The molecule has 2 N–H and O–H groups in total. The van der Waals surface area contributed by atoms with E-state index in [0.717, 1.165) is 4.57 Å². The number of fused-ring (bicyclic) bond motifs is 1. The Morgan fingerprint density at radius 1 is 1.03 bits per heavy atom. The summed E-state index contributed by atoms with van der Waals surface area (Å²) in [6, 6.07) is 10.2. The zero-order chi connectivity index (χ0) is 23.4. The van der Waals surface area contributed by atoms with Crippen molar-refractivity contribution in [3.05, 3.63) is 78.9 Å². The van der Waals surface area contributed by atoms with E-state index in [0.29, 0.717) is 23.7 Å². The van der Waals surface area contributed by atoms with Crippen LogP contribution in [0.4, 0.5) is 0 Å². The van der Waals surface area contributed by atoms with E-state index < -0.39 is 23.6 Å². The summed E-state index contributed by atoms with van der Waals surface area (Å²) in [5, 5.41) is 12.6. The molecular formula is C22H21Cl2N3O5. The van der Waals surface area contributed by atoms with Crippen molar-refractivity contribution < 1.29 is 14.7 Å². The van der Waals surface area contributed by atoms with Gasteiger partial charge in [0, 0.05) is 13.6 Å². The smallest absolute Gasteiger partial charge is 0.331 e. The molecule has 1 aromatic heterocycles. The van der Waals surface area contributed by atoms with E-state index in [2.05, 4.69) is 5.32 Å². The van der Waals surface area contributed by atoms with Crippen LogP contribution in [0.5, 0.6) is 0 Å². The number of hydrogen-bond donors (Lipinski definition) is 2. The SMILES string of the molecule is Cn1c(=O)n(CCCC[C@H](NC(=O)c2c(Cl)cccc2Cl)C(=O)O)c(=O)c2ccccc21. The average Bonchev–Trinajstić information content (AvgIpc) is 2.76. The number of halogens is 2. The topological polar surface area (TPSA) is 110 Å². The van der Waals surface area contributed by atoms with Crippen LogP contribution in [0, 0.1) is 0 Å². The third-order valence-electron chi connectivity index (χ3n) is 5.18. The maximum absolute atomic E-state index is 12.7. The molecule has 0 unspecified atom stereocenters. The van der Waals surface area contributed by atoms with Crippen LogP contribution in [0.15, 0.2) is 52.1 Å². The minimum absolute atomic E-state index is 0.00768. The Balaban J connectivity index is 1.67. The van der Waals surface area contributed by atoms with Crippen LogP contribution in [0.1, 0.15) is 29.6 Å². The van der Waals surface area contributed by atoms with Crippen molar-refractivity contribution in [2.45, 2.75) is 31.8 Å². The second-order valence-electron chi connectivity index (χ2n) is 7.27. The molecule has 2 aromatic carbocycles. The highest BCUT2D eigenvalue weighted by molar-refractivity contribution is 6.39. The first-order valence-corrected chi connectivity index (χ1v) is 10.6. The van der Waals surface area contributed by atoms with Gasteiger partial charge in [-0.05, 0) is 43.5 Å². The molecule has 0 aliphatic carbocycles. The number of benzene rings is 2. The lowest BCUT2D eigenvalue weighted by Gasteiger charge is -2.16. The number of aromatic nitrogens is 2. The van der Waals surface area contributed by atoms with E-state index in [-0.39, 0.29) is 34.1 Å². The minimum Gasteiger partial charge on any atom is -0.480 e. The second kappa shape index (κ2) is 10.0. The number of unbranched alkanes of at least 4 members (excludes halogenated alkanes) is 1. The first-order valence-electron chi connectivity index (χ1n) is 9.88. The largest absolute Gasteiger partial charge is 0.480 e. The Kier molecular flexibility index (Phi) is 7.37. The van der Waals surface area contributed by atoms with Gasteiger partial charge in [0.2, 0.25) is 0 Å². The van der Waals surface area contributed by atoms with E-state index in [9.17, 15) is 24.3 Å². The monoisotopic (exact) mass is 477 g/mol. The maximum atomic E-state index is 12.7. The Morgan fingerprint density at radius 3 is 2.34 bits per heavy atom. The van der Waals surface area contributed by atoms with Gasteiger partial charge in [-0.2, -0.15) is 0 Å². The number of aryl methyl sites for hydroxylation is 1. The van der Waals surface area contributed by atoms with Crippen LogP contribution in [0.2, 0.25) is 10.0 Å². The lowest BCUT2D eigenvalue weighted by atomic mass is 10.1. The average molecular weight is 478 g/mol. The predicted molar refractivity (Wildman–Crippen MR) is 123 cm³/mol. The third-order valence-corrected chi connectivity index (χ3v) is 5.81. The zero-order valence-corrected chi connectivity index (χ0v) is 18.7. The Labute approximate surface area is 193 Å². The van der Waals surface area contributed by atoms with Crippen LogP contribution in [0.25, 0.3) is 10.9 Å². The van der Waals surface area contributed by atoms with Crippen molar-refractivity contribution in [1.82, 2.24) is 14.5 Å². The summed E-state index contributed by atoms with van der Waals surface area (Å²) in [5.74, 6) is -1.90. The summed E-state index contributed by atoms with van der Waals surface area (Å²) in [7, 11) is 1.59. The Morgan fingerprint density at radius 2 is 1.69 bits per heavy atom. The lowest BCUT2D eigenvalue weighted by molar-refractivity contribution is -0.139. The van der Waals surface area contributed by atoms with Crippen molar-refractivity contribution in [2.24, 2.45) is 7.05 Å². The molecule has 0 bridgehead atoms. The van der Waals surface area contributed by atoms with Crippen molar-refractivity contribution in [2.75, 3.05) is 0 Å². The molecule has 10 heteroatoms. The van der Waals surface area contributed by atoms with Crippen LogP contribution in [-0.4, -0.2) is 32.2 Å². The molecule has 0 saturated heterocycles. The van der Waals surface area contributed by atoms with Gasteiger partial charge in [-0.1, -0.05) is 41.4 Å². The van der Waals surface area contributed by atoms with Gasteiger partial charge < -0.3 is 10.4 Å². The van der Waals surface area contributed by atoms with Gasteiger partial charge in [0.25, 0.3) is 11.5 Å². The van der Waals surface area contributed by atoms with Gasteiger partial charge >= 0.3 is 11.7 Å². The molecule has 0 saturated carbocycles. The van der Waals surface area contributed by atoms with Gasteiger partial charge in [-0.25, -0.2) is 9.59 Å². The van der Waals surface area contributed by atoms with Crippen molar-refractivity contribution in [3.8, 4) is 0 Å². The molecule has 168 valence electrons. The number of carboxylic acids is 1. The number of hydrogen-bond acceptors (Lipinski definition) is 4. The van der Waals surface area contributed by atoms with Gasteiger partial charge in [0.15, 0.2) is 0 Å². The molecule has 0 spiro atoms. The summed E-state index contributed by atoms with van der Waals surface area (Å²) < 4.78 is 2.55. The zero-order valence-electron chi connectivity index (χ0n) is 17.2. The number of aliphatic carboxylic acids is 1. The molecule has 8 nitrogen and oxygen atoms in total. The number of amides is 1. The van der Waals surface area contributed by atoms with Crippen LogP contribution < -0.4 is 16.6 Å². The molecule has 32 heavy (non-hydrogen) atoms. The molecule has 1 heterocycles. The number of nitrogens with zero attached hydrogens (tertiary/aromatic N) is 2. The van der Waals surface area contributed by atoms with Gasteiger partial charge in [-0.3, -0.25) is 18.7 Å².